The Bertz CT molecular complexity index is 1580. The first-order valence-electron chi connectivity index (χ1n) is 16.7. The third-order valence-corrected chi connectivity index (χ3v) is 11.9. The fourth-order valence-corrected chi connectivity index (χ4v) is 9.37. The lowest BCUT2D eigenvalue weighted by molar-refractivity contribution is -0.160. The van der Waals surface area contributed by atoms with Crippen molar-refractivity contribution in [3.63, 3.8) is 0 Å². The predicted molar refractivity (Wildman–Crippen MR) is 170 cm³/mol. The molecule has 10 nitrogen and oxygen atoms in total. The third-order valence-electron chi connectivity index (χ3n) is 11.9. The summed E-state index contributed by atoms with van der Waals surface area (Å²) in [5.74, 6) is -0.808. The smallest absolute Gasteiger partial charge is 0.326 e. The van der Waals surface area contributed by atoms with E-state index in [-0.39, 0.29) is 48.5 Å². The molecule has 0 unspecified atom stereocenters. The van der Waals surface area contributed by atoms with E-state index < -0.39 is 29.8 Å². The van der Waals surface area contributed by atoms with Crippen molar-refractivity contribution in [2.24, 2.45) is 28.6 Å². The van der Waals surface area contributed by atoms with Crippen LogP contribution in [0.15, 0.2) is 42.1 Å². The number of H-pyrrole nitrogens is 1. The number of carboxylic acid groups (broad SMARTS) is 1. The highest BCUT2D eigenvalue weighted by Crippen LogP contribution is 2.65. The fourth-order valence-electron chi connectivity index (χ4n) is 9.37. The molecule has 1 aromatic carbocycles. The molecule has 3 saturated carbocycles. The zero-order valence-corrected chi connectivity index (χ0v) is 26.7. The van der Waals surface area contributed by atoms with Gasteiger partial charge in [-0.3, -0.25) is 19.2 Å². The van der Waals surface area contributed by atoms with Crippen molar-refractivity contribution < 1.29 is 33.8 Å². The normalized spacial score (nSPS) is 30.7. The minimum atomic E-state index is -1.17. The van der Waals surface area contributed by atoms with Crippen LogP contribution >= 0.6 is 0 Å². The van der Waals surface area contributed by atoms with E-state index >= 15 is 0 Å². The number of allylic oxidation sites excluding steroid dienone is 1. The number of aromatic amines is 1. The molecule has 10 heteroatoms. The fraction of sp³-hybridized carbons (Fsp3) is 0.583. The summed E-state index contributed by atoms with van der Waals surface area (Å²) in [6.45, 7) is 4.24. The molecule has 2 aromatic rings. The molecule has 0 spiro atoms. The van der Waals surface area contributed by atoms with Crippen LogP contribution in [0, 0.1) is 28.6 Å². The van der Waals surface area contributed by atoms with Crippen LogP contribution in [-0.2, 0) is 35.1 Å². The molecule has 4 aliphatic rings. The van der Waals surface area contributed by atoms with E-state index in [0.29, 0.717) is 24.2 Å². The molecular weight excluding hydrogens is 586 g/mol. The van der Waals surface area contributed by atoms with Crippen molar-refractivity contribution in [2.75, 3.05) is 6.54 Å². The molecule has 1 heterocycles. The van der Waals surface area contributed by atoms with Gasteiger partial charge in [0.05, 0.1) is 13.0 Å². The summed E-state index contributed by atoms with van der Waals surface area (Å²) in [4.78, 5) is 64.9. The third kappa shape index (κ3) is 6.10. The molecule has 4 N–H and O–H groups in total. The quantitative estimate of drug-likeness (QED) is 0.279. The van der Waals surface area contributed by atoms with E-state index in [1.807, 2.05) is 30.3 Å². The second-order valence-corrected chi connectivity index (χ2v) is 14.4. The van der Waals surface area contributed by atoms with Crippen LogP contribution in [-0.4, -0.2) is 58.3 Å². The van der Waals surface area contributed by atoms with Crippen molar-refractivity contribution >= 4 is 40.4 Å². The van der Waals surface area contributed by atoms with Gasteiger partial charge >= 0.3 is 11.9 Å². The maximum Gasteiger partial charge on any atom is 0.326 e. The molecule has 0 bridgehead atoms. The first-order valence-corrected chi connectivity index (χ1v) is 16.7. The molecule has 0 saturated heterocycles. The number of carboxylic acids is 1. The first-order chi connectivity index (χ1) is 22.0. The number of nitrogens with one attached hydrogen (secondary N) is 3. The Kier molecular flexibility index (Phi) is 8.83. The summed E-state index contributed by atoms with van der Waals surface area (Å²) in [7, 11) is 0. The number of ether oxygens (including phenoxy) is 1. The number of ketones is 1. The van der Waals surface area contributed by atoms with Crippen LogP contribution in [0.3, 0.4) is 0 Å². The number of fused-ring (bicyclic) bond motifs is 6. The van der Waals surface area contributed by atoms with Gasteiger partial charge in [0.1, 0.15) is 12.1 Å². The SMILES string of the molecule is C[C@]12CC[C@H]3[C@@H](CCC4=CC(=O)CC[C@@]43C)[C@@H]1CC[C@@H]2OC(=O)CCC(=O)NCC(=O)N[C@H](Cc1c[nH]c2ccccc12)C(=O)O. The maximum atomic E-state index is 12.9. The molecule has 3 fully saturated rings. The summed E-state index contributed by atoms with van der Waals surface area (Å²) in [6.07, 6.45) is 10.9. The van der Waals surface area contributed by atoms with Crippen molar-refractivity contribution in [2.45, 2.75) is 96.6 Å². The largest absolute Gasteiger partial charge is 0.480 e. The number of aliphatic carboxylic acids is 1. The average molecular weight is 632 g/mol. The van der Waals surface area contributed by atoms with Crippen molar-refractivity contribution in [3.05, 3.63) is 47.7 Å². The maximum absolute atomic E-state index is 12.9. The van der Waals surface area contributed by atoms with Gasteiger partial charge in [-0.1, -0.05) is 37.6 Å². The highest BCUT2D eigenvalue weighted by molar-refractivity contribution is 5.92. The highest BCUT2D eigenvalue weighted by Gasteiger charge is 2.60. The summed E-state index contributed by atoms with van der Waals surface area (Å²) in [6, 6.07) is 6.35. The summed E-state index contributed by atoms with van der Waals surface area (Å²) in [5.41, 5.74) is 3.00. The molecule has 246 valence electrons. The molecule has 6 rings (SSSR count). The Morgan fingerprint density at radius 1 is 1.00 bits per heavy atom. The monoisotopic (exact) mass is 631 g/mol. The van der Waals surface area contributed by atoms with Crippen molar-refractivity contribution in [3.8, 4) is 0 Å². The number of hydrogen-bond donors (Lipinski definition) is 4. The zero-order chi connectivity index (χ0) is 32.6. The van der Waals surface area contributed by atoms with Crippen LogP contribution in [0.1, 0.15) is 83.6 Å². The Morgan fingerprint density at radius 2 is 1.80 bits per heavy atom. The first kappa shape index (κ1) is 32.0. The van der Waals surface area contributed by atoms with Gasteiger partial charge in [0.25, 0.3) is 0 Å². The van der Waals surface area contributed by atoms with Gasteiger partial charge in [-0.25, -0.2) is 4.79 Å². The molecular formula is C36H45N3O7. The van der Waals surface area contributed by atoms with Crippen LogP contribution in [0.5, 0.6) is 0 Å². The van der Waals surface area contributed by atoms with E-state index in [1.54, 1.807) is 6.20 Å². The Balaban J connectivity index is 0.955. The molecule has 46 heavy (non-hydrogen) atoms. The van der Waals surface area contributed by atoms with Crippen LogP contribution in [0.2, 0.25) is 0 Å². The topological polar surface area (TPSA) is 155 Å². The minimum Gasteiger partial charge on any atom is -0.480 e. The van der Waals surface area contributed by atoms with Crippen LogP contribution < -0.4 is 10.6 Å². The predicted octanol–water partition coefficient (Wildman–Crippen LogP) is 4.62. The van der Waals surface area contributed by atoms with Crippen molar-refractivity contribution in [1.29, 1.82) is 0 Å². The zero-order valence-electron chi connectivity index (χ0n) is 26.7. The van der Waals surface area contributed by atoms with Gasteiger partial charge in [0, 0.05) is 41.8 Å². The second kappa shape index (κ2) is 12.7. The Labute approximate surface area is 269 Å². The number of rotatable bonds is 10. The minimum absolute atomic E-state index is 0.0880. The number of carbonyl (C=O) groups excluding carboxylic acids is 4. The lowest BCUT2D eigenvalue weighted by Crippen LogP contribution is -2.51. The second-order valence-electron chi connectivity index (χ2n) is 14.4. The number of esters is 1. The lowest BCUT2D eigenvalue weighted by atomic mass is 9.47. The van der Waals surface area contributed by atoms with Crippen molar-refractivity contribution in [1.82, 2.24) is 15.6 Å². The van der Waals surface area contributed by atoms with E-state index in [4.69, 9.17) is 4.74 Å². The summed E-state index contributed by atoms with van der Waals surface area (Å²) < 4.78 is 6.02. The molecule has 2 amide bonds. The number of hydrogen-bond acceptors (Lipinski definition) is 6. The Morgan fingerprint density at radius 3 is 2.61 bits per heavy atom. The highest BCUT2D eigenvalue weighted by atomic mass is 16.5. The summed E-state index contributed by atoms with van der Waals surface area (Å²) >= 11 is 0. The van der Waals surface area contributed by atoms with Gasteiger partial charge in [0.15, 0.2) is 5.78 Å². The number of carbonyl (C=O) groups is 5. The van der Waals surface area contributed by atoms with E-state index in [2.05, 4.69) is 29.5 Å². The number of amides is 2. The van der Waals surface area contributed by atoms with Gasteiger partial charge in [-0.2, -0.15) is 0 Å². The number of benzene rings is 1. The Hall–Kier alpha value is -3.95. The molecule has 7 atom stereocenters. The molecule has 0 radical (unpaired) electrons. The number of aromatic nitrogens is 1. The molecule has 1 aromatic heterocycles. The molecule has 0 aliphatic heterocycles. The standard InChI is InChI=1S/C36H45N3O7/c1-35-15-13-23(40)18-22(35)7-8-25-26-9-10-30(36(26,2)16-14-27(25)35)46-33(43)12-11-31(41)38-20-32(42)39-29(34(44)45)17-21-19-37-28-6-4-3-5-24(21)28/h3-6,18-19,25-27,29-30,37H,7-17,20H2,1-2H3,(H,38,41)(H,39,42)(H,44,45)/t25-,26-,27-,29+,30-,35-,36-/m0/s1. The van der Waals surface area contributed by atoms with E-state index in [0.717, 1.165) is 61.4 Å². The van der Waals surface area contributed by atoms with E-state index in [1.165, 1.54) is 5.57 Å². The van der Waals surface area contributed by atoms with Crippen LogP contribution in [0.25, 0.3) is 10.9 Å². The van der Waals surface area contributed by atoms with Gasteiger partial charge < -0.3 is 25.5 Å². The lowest BCUT2D eigenvalue weighted by Gasteiger charge is -2.57. The van der Waals surface area contributed by atoms with Gasteiger partial charge in [-0.15, -0.1) is 0 Å². The van der Waals surface area contributed by atoms with Gasteiger partial charge in [0.2, 0.25) is 11.8 Å². The number of para-hydroxylation sites is 1. The van der Waals surface area contributed by atoms with Crippen LogP contribution in [0.4, 0.5) is 0 Å². The molecule has 4 aliphatic carbocycles. The average Bonchev–Trinajstić information content (AvgIpc) is 3.59. The van der Waals surface area contributed by atoms with E-state index in [9.17, 15) is 29.1 Å². The van der Waals surface area contributed by atoms with Gasteiger partial charge in [-0.05, 0) is 85.8 Å². The summed E-state index contributed by atoms with van der Waals surface area (Å²) in [5, 5.41) is 15.5.